The number of benzene rings is 1. The van der Waals surface area contributed by atoms with Gasteiger partial charge in [-0.2, -0.15) is 0 Å². The first-order valence-corrected chi connectivity index (χ1v) is 7.45. The Kier molecular flexibility index (Phi) is 3.78. The van der Waals surface area contributed by atoms with Crippen molar-refractivity contribution in [2.45, 2.75) is 19.9 Å². The van der Waals surface area contributed by atoms with Gasteiger partial charge < -0.3 is 5.32 Å². The summed E-state index contributed by atoms with van der Waals surface area (Å²) in [5, 5.41) is 11.4. The maximum Gasteiger partial charge on any atom is 0.0894 e. The van der Waals surface area contributed by atoms with Crippen molar-refractivity contribution in [3.05, 3.63) is 58.5 Å². The molecule has 0 fully saturated rings. The number of nitrogens with zero attached hydrogens (tertiary/aromatic N) is 3. The zero-order valence-corrected chi connectivity index (χ0v) is 12.1. The molecule has 2 heterocycles. The fourth-order valence-electron chi connectivity index (χ4n) is 2.05. The van der Waals surface area contributed by atoms with E-state index in [1.54, 1.807) is 10.9 Å². The summed E-state index contributed by atoms with van der Waals surface area (Å²) < 4.78 is 1.77. The van der Waals surface area contributed by atoms with Crippen molar-refractivity contribution in [1.29, 1.82) is 0 Å². The van der Waals surface area contributed by atoms with Gasteiger partial charge >= 0.3 is 0 Å². The Morgan fingerprint density at radius 2 is 2.00 bits per heavy atom. The molecule has 0 saturated heterocycles. The minimum atomic E-state index is 0.830. The van der Waals surface area contributed by atoms with Crippen LogP contribution in [0.3, 0.4) is 0 Å². The second kappa shape index (κ2) is 5.88. The molecule has 0 aliphatic heterocycles. The van der Waals surface area contributed by atoms with Crippen LogP contribution < -0.4 is 5.32 Å². The number of aromatic nitrogens is 3. The smallest absolute Gasteiger partial charge is 0.0894 e. The van der Waals surface area contributed by atoms with Gasteiger partial charge in [-0.05, 0) is 30.7 Å². The van der Waals surface area contributed by atoms with Crippen LogP contribution in [0.1, 0.15) is 16.7 Å². The van der Waals surface area contributed by atoms with Crippen LogP contribution >= 0.6 is 11.3 Å². The third kappa shape index (κ3) is 2.72. The summed E-state index contributed by atoms with van der Waals surface area (Å²) in [5.41, 5.74) is 2.07. The van der Waals surface area contributed by atoms with Crippen LogP contribution in [0.2, 0.25) is 0 Å². The van der Waals surface area contributed by atoms with Crippen LogP contribution in [0, 0.1) is 0 Å². The summed E-state index contributed by atoms with van der Waals surface area (Å²) in [5.74, 6) is 0. The van der Waals surface area contributed by atoms with E-state index in [1.165, 1.54) is 9.75 Å². The van der Waals surface area contributed by atoms with Gasteiger partial charge in [0.1, 0.15) is 0 Å². The molecule has 0 spiro atoms. The Labute approximate surface area is 122 Å². The second-order valence-electron chi connectivity index (χ2n) is 4.44. The summed E-state index contributed by atoms with van der Waals surface area (Å²) in [7, 11) is 0. The normalized spacial score (nSPS) is 10.7. The highest BCUT2D eigenvalue weighted by Crippen LogP contribution is 2.22. The molecule has 0 saturated carbocycles. The Hall–Kier alpha value is -2.14. The molecular formula is C15H16N4S. The van der Waals surface area contributed by atoms with Crippen molar-refractivity contribution in [2.75, 3.05) is 5.32 Å². The molecule has 3 aromatic rings. The standard InChI is InChI=1S/C15H16N4S/c1-2-12-7-8-13(20-12)11-16-14-5-3-4-6-15(14)19-10-9-17-18-19/h3-10,16H,2,11H2,1H3. The minimum absolute atomic E-state index is 0.830. The van der Waals surface area contributed by atoms with Crippen molar-refractivity contribution >= 4 is 17.0 Å². The van der Waals surface area contributed by atoms with Gasteiger partial charge in [-0.3, -0.25) is 0 Å². The molecule has 1 aromatic carbocycles. The zero-order valence-electron chi connectivity index (χ0n) is 11.3. The highest BCUT2D eigenvalue weighted by atomic mass is 32.1. The average Bonchev–Trinajstić information content (AvgIpc) is 3.17. The highest BCUT2D eigenvalue weighted by Gasteiger charge is 2.05. The first-order chi connectivity index (χ1) is 9.86. The third-order valence-corrected chi connectivity index (χ3v) is 4.32. The Morgan fingerprint density at radius 1 is 1.15 bits per heavy atom. The molecule has 0 amide bonds. The Balaban J connectivity index is 1.77. The van der Waals surface area contributed by atoms with Gasteiger partial charge in [0.25, 0.3) is 0 Å². The van der Waals surface area contributed by atoms with Crippen molar-refractivity contribution in [3.63, 3.8) is 0 Å². The lowest BCUT2D eigenvalue weighted by Gasteiger charge is -2.10. The molecule has 3 rings (SSSR count). The van der Waals surface area contributed by atoms with Gasteiger partial charge in [0, 0.05) is 16.3 Å². The van der Waals surface area contributed by atoms with Gasteiger partial charge in [-0.25, -0.2) is 4.68 Å². The van der Waals surface area contributed by atoms with Crippen LogP contribution in [0.5, 0.6) is 0 Å². The summed E-state index contributed by atoms with van der Waals surface area (Å²) in [6.07, 6.45) is 4.63. The van der Waals surface area contributed by atoms with Crippen LogP contribution in [0.25, 0.3) is 5.69 Å². The third-order valence-electron chi connectivity index (χ3n) is 3.09. The summed E-state index contributed by atoms with van der Waals surface area (Å²) >= 11 is 1.86. The summed E-state index contributed by atoms with van der Waals surface area (Å²) in [6, 6.07) is 12.5. The first-order valence-electron chi connectivity index (χ1n) is 6.64. The van der Waals surface area contributed by atoms with Crippen LogP contribution in [0.4, 0.5) is 5.69 Å². The van der Waals surface area contributed by atoms with E-state index in [-0.39, 0.29) is 0 Å². The largest absolute Gasteiger partial charge is 0.378 e. The SMILES string of the molecule is CCc1ccc(CNc2ccccc2-n2ccnn2)s1. The number of hydrogen-bond donors (Lipinski definition) is 1. The van der Waals surface area contributed by atoms with E-state index in [0.717, 1.165) is 24.3 Å². The molecule has 4 nitrogen and oxygen atoms in total. The molecule has 20 heavy (non-hydrogen) atoms. The van der Waals surface area contributed by atoms with E-state index in [4.69, 9.17) is 0 Å². The predicted molar refractivity (Wildman–Crippen MR) is 82.4 cm³/mol. The van der Waals surface area contributed by atoms with Gasteiger partial charge in [0.2, 0.25) is 0 Å². The fourth-order valence-corrected chi connectivity index (χ4v) is 2.95. The van der Waals surface area contributed by atoms with Crippen molar-refractivity contribution in [1.82, 2.24) is 15.0 Å². The van der Waals surface area contributed by atoms with Crippen molar-refractivity contribution in [3.8, 4) is 5.69 Å². The minimum Gasteiger partial charge on any atom is -0.378 e. The van der Waals surface area contributed by atoms with Crippen LogP contribution in [0.15, 0.2) is 48.8 Å². The summed E-state index contributed by atoms with van der Waals surface area (Å²) in [4.78, 5) is 2.77. The summed E-state index contributed by atoms with van der Waals surface area (Å²) in [6.45, 7) is 3.01. The molecular weight excluding hydrogens is 268 g/mol. The molecule has 102 valence electrons. The lowest BCUT2D eigenvalue weighted by Crippen LogP contribution is -2.04. The fraction of sp³-hybridized carbons (Fsp3) is 0.200. The molecule has 5 heteroatoms. The molecule has 0 aliphatic rings. The lowest BCUT2D eigenvalue weighted by atomic mass is 10.2. The second-order valence-corrected chi connectivity index (χ2v) is 5.69. The molecule has 0 atom stereocenters. The number of nitrogens with one attached hydrogen (secondary N) is 1. The van der Waals surface area contributed by atoms with E-state index in [2.05, 4.69) is 40.8 Å². The van der Waals surface area contributed by atoms with E-state index >= 15 is 0 Å². The van der Waals surface area contributed by atoms with Crippen molar-refractivity contribution in [2.24, 2.45) is 0 Å². The first kappa shape index (κ1) is 12.9. The average molecular weight is 284 g/mol. The number of hydrogen-bond acceptors (Lipinski definition) is 4. The maximum atomic E-state index is 4.05. The van der Waals surface area contributed by atoms with Gasteiger partial charge in [0.05, 0.1) is 23.8 Å². The lowest BCUT2D eigenvalue weighted by molar-refractivity contribution is 0.803. The number of anilines is 1. The number of aryl methyl sites for hydroxylation is 1. The maximum absolute atomic E-state index is 4.05. The van der Waals surface area contributed by atoms with Crippen molar-refractivity contribution < 1.29 is 0 Å². The Morgan fingerprint density at radius 3 is 2.75 bits per heavy atom. The van der Waals surface area contributed by atoms with E-state index in [0.29, 0.717) is 0 Å². The van der Waals surface area contributed by atoms with Gasteiger partial charge in [-0.15, -0.1) is 16.4 Å². The molecule has 0 radical (unpaired) electrons. The van der Waals surface area contributed by atoms with E-state index in [1.807, 2.05) is 35.7 Å². The highest BCUT2D eigenvalue weighted by molar-refractivity contribution is 7.12. The van der Waals surface area contributed by atoms with E-state index in [9.17, 15) is 0 Å². The number of thiophene rings is 1. The zero-order chi connectivity index (χ0) is 13.8. The molecule has 2 aromatic heterocycles. The Bertz CT molecular complexity index is 673. The van der Waals surface area contributed by atoms with Gasteiger partial charge in [-0.1, -0.05) is 24.3 Å². The number of para-hydroxylation sites is 2. The molecule has 0 bridgehead atoms. The monoisotopic (exact) mass is 284 g/mol. The molecule has 0 aliphatic carbocycles. The van der Waals surface area contributed by atoms with Gasteiger partial charge in [0.15, 0.2) is 0 Å². The molecule has 1 N–H and O–H groups in total. The molecule has 0 unspecified atom stereocenters. The number of rotatable bonds is 5. The topological polar surface area (TPSA) is 42.7 Å². The van der Waals surface area contributed by atoms with Crippen LogP contribution in [-0.2, 0) is 13.0 Å². The quantitative estimate of drug-likeness (QED) is 0.779. The van der Waals surface area contributed by atoms with E-state index < -0.39 is 0 Å². The predicted octanol–water partition coefficient (Wildman–Crippen LogP) is 3.50. The van der Waals surface area contributed by atoms with Crippen LogP contribution in [-0.4, -0.2) is 15.0 Å².